The summed E-state index contributed by atoms with van der Waals surface area (Å²) in [6.07, 6.45) is 10.2. The van der Waals surface area contributed by atoms with Gasteiger partial charge in [-0.2, -0.15) is 10.2 Å². The van der Waals surface area contributed by atoms with Gasteiger partial charge in [0.25, 0.3) is 0 Å². The number of hydrogen-bond acceptors (Lipinski definition) is 3. The minimum absolute atomic E-state index is 0.201. The van der Waals surface area contributed by atoms with Crippen molar-refractivity contribution in [1.29, 1.82) is 0 Å². The molecular formula is C17H17N5O. The molecular weight excluding hydrogens is 290 g/mol. The minimum atomic E-state index is -0.201. The summed E-state index contributed by atoms with van der Waals surface area (Å²) in [5.74, 6) is -0.201. The standard InChI is InChI=1S/C17H17N5O/c1-21-11-15(9-18-21)7-8-17(23)20-16-10-19-22(13-16)12-14-5-3-2-4-6-14/h2-11,13H,12H2,1H3,(H,20,23). The fourth-order valence-electron chi connectivity index (χ4n) is 2.17. The Bertz CT molecular complexity index is 816. The zero-order valence-electron chi connectivity index (χ0n) is 12.8. The molecule has 0 bridgehead atoms. The molecule has 0 radical (unpaired) electrons. The summed E-state index contributed by atoms with van der Waals surface area (Å²) in [6, 6.07) is 10.0. The van der Waals surface area contributed by atoms with Crippen LogP contribution in [0.2, 0.25) is 0 Å². The summed E-state index contributed by atoms with van der Waals surface area (Å²) < 4.78 is 3.47. The van der Waals surface area contributed by atoms with Crippen LogP contribution in [0.4, 0.5) is 5.69 Å². The van der Waals surface area contributed by atoms with Crippen molar-refractivity contribution in [3.8, 4) is 0 Å². The second-order valence-corrected chi connectivity index (χ2v) is 5.18. The lowest BCUT2D eigenvalue weighted by atomic mass is 10.2. The Kier molecular flexibility index (Phi) is 4.33. The van der Waals surface area contributed by atoms with E-state index in [0.717, 1.165) is 11.1 Å². The highest BCUT2D eigenvalue weighted by atomic mass is 16.1. The molecule has 0 fully saturated rings. The second-order valence-electron chi connectivity index (χ2n) is 5.18. The highest BCUT2D eigenvalue weighted by molar-refractivity contribution is 6.01. The quantitative estimate of drug-likeness (QED) is 0.736. The fourth-order valence-corrected chi connectivity index (χ4v) is 2.17. The molecule has 6 heteroatoms. The number of hydrogen-bond donors (Lipinski definition) is 1. The van der Waals surface area contributed by atoms with Crippen molar-refractivity contribution in [2.24, 2.45) is 7.05 Å². The molecule has 6 nitrogen and oxygen atoms in total. The first-order valence-corrected chi connectivity index (χ1v) is 7.23. The van der Waals surface area contributed by atoms with E-state index >= 15 is 0 Å². The van der Waals surface area contributed by atoms with Crippen molar-refractivity contribution < 1.29 is 4.79 Å². The highest BCUT2D eigenvalue weighted by Gasteiger charge is 2.02. The van der Waals surface area contributed by atoms with Crippen LogP contribution in [0.5, 0.6) is 0 Å². The molecule has 2 heterocycles. The zero-order valence-corrected chi connectivity index (χ0v) is 12.8. The lowest BCUT2D eigenvalue weighted by Gasteiger charge is -2.01. The van der Waals surface area contributed by atoms with Gasteiger partial charge >= 0.3 is 0 Å². The van der Waals surface area contributed by atoms with Crippen molar-refractivity contribution in [1.82, 2.24) is 19.6 Å². The second kappa shape index (κ2) is 6.74. The Morgan fingerprint density at radius 1 is 1.17 bits per heavy atom. The smallest absolute Gasteiger partial charge is 0.248 e. The predicted molar refractivity (Wildman–Crippen MR) is 88.6 cm³/mol. The lowest BCUT2D eigenvalue weighted by Crippen LogP contribution is -2.07. The lowest BCUT2D eigenvalue weighted by molar-refractivity contribution is -0.111. The van der Waals surface area contributed by atoms with Gasteiger partial charge in [0, 0.05) is 31.1 Å². The van der Waals surface area contributed by atoms with Crippen LogP contribution < -0.4 is 5.32 Å². The summed E-state index contributed by atoms with van der Waals surface area (Å²) in [7, 11) is 1.83. The van der Waals surface area contributed by atoms with Crippen LogP contribution in [0.15, 0.2) is 61.2 Å². The largest absolute Gasteiger partial charge is 0.320 e. The van der Waals surface area contributed by atoms with Crippen LogP contribution in [-0.2, 0) is 18.4 Å². The topological polar surface area (TPSA) is 64.7 Å². The van der Waals surface area contributed by atoms with Gasteiger partial charge < -0.3 is 5.32 Å². The van der Waals surface area contributed by atoms with Crippen LogP contribution >= 0.6 is 0 Å². The number of aryl methyl sites for hydroxylation is 1. The Balaban J connectivity index is 1.58. The van der Waals surface area contributed by atoms with E-state index in [1.54, 1.807) is 27.8 Å². The summed E-state index contributed by atoms with van der Waals surface area (Å²) in [6.45, 7) is 0.669. The number of anilines is 1. The van der Waals surface area contributed by atoms with E-state index in [-0.39, 0.29) is 5.91 Å². The maximum absolute atomic E-state index is 11.9. The Morgan fingerprint density at radius 2 is 2.00 bits per heavy atom. The van der Waals surface area contributed by atoms with E-state index in [1.165, 1.54) is 6.08 Å². The molecule has 0 aliphatic carbocycles. The van der Waals surface area contributed by atoms with Gasteiger partial charge in [-0.3, -0.25) is 14.2 Å². The van der Waals surface area contributed by atoms with Gasteiger partial charge in [0.2, 0.25) is 5.91 Å². The first kappa shape index (κ1) is 14.8. The normalized spacial score (nSPS) is 11.0. The average molecular weight is 307 g/mol. The number of nitrogens with zero attached hydrogens (tertiary/aromatic N) is 4. The number of rotatable bonds is 5. The Labute approximate surface area is 134 Å². The van der Waals surface area contributed by atoms with Crippen molar-refractivity contribution in [2.45, 2.75) is 6.54 Å². The first-order chi connectivity index (χ1) is 11.2. The monoisotopic (exact) mass is 307 g/mol. The van der Waals surface area contributed by atoms with E-state index in [4.69, 9.17) is 0 Å². The zero-order chi connectivity index (χ0) is 16.1. The summed E-state index contributed by atoms with van der Waals surface area (Å²) in [4.78, 5) is 11.9. The fraction of sp³-hybridized carbons (Fsp3) is 0.118. The van der Waals surface area contributed by atoms with Gasteiger partial charge in [-0.15, -0.1) is 0 Å². The summed E-state index contributed by atoms with van der Waals surface area (Å²) >= 11 is 0. The first-order valence-electron chi connectivity index (χ1n) is 7.23. The number of carbonyl (C=O) groups is 1. The molecule has 2 aromatic heterocycles. The van der Waals surface area contributed by atoms with Gasteiger partial charge in [0.15, 0.2) is 0 Å². The molecule has 116 valence electrons. The van der Waals surface area contributed by atoms with E-state index in [0.29, 0.717) is 12.2 Å². The van der Waals surface area contributed by atoms with Crippen LogP contribution in [0.25, 0.3) is 6.08 Å². The Morgan fingerprint density at radius 3 is 2.74 bits per heavy atom. The predicted octanol–water partition coefficient (Wildman–Crippen LogP) is 2.32. The molecule has 0 aliphatic rings. The maximum atomic E-state index is 11.9. The summed E-state index contributed by atoms with van der Waals surface area (Å²) in [5, 5.41) is 11.1. The molecule has 1 N–H and O–H groups in total. The summed E-state index contributed by atoms with van der Waals surface area (Å²) in [5.41, 5.74) is 2.70. The van der Waals surface area contributed by atoms with E-state index in [9.17, 15) is 4.79 Å². The molecule has 0 saturated heterocycles. The molecule has 0 unspecified atom stereocenters. The molecule has 1 aromatic carbocycles. The third kappa shape index (κ3) is 4.16. The SMILES string of the molecule is Cn1cc(C=CC(=O)Nc2cnn(Cc3ccccc3)c2)cn1. The van der Waals surface area contributed by atoms with Crippen LogP contribution in [0.3, 0.4) is 0 Å². The van der Waals surface area contributed by atoms with Crippen LogP contribution in [-0.4, -0.2) is 25.5 Å². The number of nitrogens with one attached hydrogen (secondary N) is 1. The van der Waals surface area contributed by atoms with Crippen molar-refractivity contribution in [3.63, 3.8) is 0 Å². The third-order valence-corrected chi connectivity index (χ3v) is 3.24. The number of carbonyl (C=O) groups excluding carboxylic acids is 1. The van der Waals surface area contributed by atoms with E-state index < -0.39 is 0 Å². The molecule has 0 saturated carbocycles. The van der Waals surface area contributed by atoms with Crippen LogP contribution in [0.1, 0.15) is 11.1 Å². The number of aromatic nitrogens is 4. The van der Waals surface area contributed by atoms with Crippen molar-refractivity contribution in [2.75, 3.05) is 5.32 Å². The van der Waals surface area contributed by atoms with Crippen molar-refractivity contribution >= 4 is 17.7 Å². The van der Waals surface area contributed by atoms with E-state index in [1.807, 2.05) is 49.8 Å². The maximum Gasteiger partial charge on any atom is 0.248 e. The van der Waals surface area contributed by atoms with Gasteiger partial charge in [-0.05, 0) is 11.6 Å². The Hall–Kier alpha value is -3.15. The molecule has 1 amide bonds. The highest BCUT2D eigenvalue weighted by Crippen LogP contribution is 2.08. The van der Waals surface area contributed by atoms with E-state index in [2.05, 4.69) is 15.5 Å². The molecule has 3 rings (SSSR count). The minimum Gasteiger partial charge on any atom is -0.320 e. The number of benzene rings is 1. The molecule has 23 heavy (non-hydrogen) atoms. The van der Waals surface area contributed by atoms with Gasteiger partial charge in [0.05, 0.1) is 24.6 Å². The molecule has 0 aliphatic heterocycles. The van der Waals surface area contributed by atoms with Crippen LogP contribution in [0, 0.1) is 0 Å². The molecule has 3 aromatic rings. The number of amides is 1. The molecule has 0 spiro atoms. The van der Waals surface area contributed by atoms with Gasteiger partial charge in [-0.25, -0.2) is 0 Å². The average Bonchev–Trinajstić information content (AvgIpc) is 3.15. The molecule has 0 atom stereocenters. The van der Waals surface area contributed by atoms with Gasteiger partial charge in [-0.1, -0.05) is 30.3 Å². The third-order valence-electron chi connectivity index (χ3n) is 3.24. The van der Waals surface area contributed by atoms with Crippen molar-refractivity contribution in [3.05, 3.63) is 72.3 Å². The van der Waals surface area contributed by atoms with Gasteiger partial charge in [0.1, 0.15) is 0 Å².